The molecule has 0 radical (unpaired) electrons. The van der Waals surface area contributed by atoms with Crippen LogP contribution in [0.4, 0.5) is 10.7 Å². The summed E-state index contributed by atoms with van der Waals surface area (Å²) < 4.78 is 5.20. The van der Waals surface area contributed by atoms with Crippen molar-refractivity contribution in [3.63, 3.8) is 0 Å². The number of carbonyl (C=O) groups is 3. The second-order valence-electron chi connectivity index (χ2n) is 7.91. The molecule has 8 heteroatoms. The number of rotatable bonds is 7. The Morgan fingerprint density at radius 2 is 1.68 bits per heavy atom. The number of amides is 2. The van der Waals surface area contributed by atoms with Gasteiger partial charge in [-0.25, -0.2) is 4.79 Å². The average Bonchev–Trinajstić information content (AvgIpc) is 3.20. The van der Waals surface area contributed by atoms with Crippen molar-refractivity contribution in [2.45, 2.75) is 32.1 Å². The molecule has 4 rings (SSSR count). The van der Waals surface area contributed by atoms with E-state index in [0.717, 1.165) is 41.7 Å². The van der Waals surface area contributed by atoms with E-state index in [1.165, 1.54) is 17.4 Å². The monoisotopic (exact) mass is 473 g/mol. The van der Waals surface area contributed by atoms with Crippen LogP contribution in [0.15, 0.2) is 54.6 Å². The highest BCUT2D eigenvalue weighted by molar-refractivity contribution is 7.16. The summed E-state index contributed by atoms with van der Waals surface area (Å²) in [4.78, 5) is 38.6. The van der Waals surface area contributed by atoms with Gasteiger partial charge in [0.2, 0.25) is 5.91 Å². The Bertz CT molecular complexity index is 1260. The van der Waals surface area contributed by atoms with E-state index in [1.54, 1.807) is 18.2 Å². The Kier molecular flexibility index (Phi) is 7.35. The number of nitrogens with zero attached hydrogens (tertiary/aromatic N) is 1. The maximum atomic E-state index is 12.6. The van der Waals surface area contributed by atoms with Gasteiger partial charge in [-0.2, -0.15) is 5.26 Å². The molecule has 1 heterocycles. The number of carbonyl (C=O) groups excluding carboxylic acids is 3. The summed E-state index contributed by atoms with van der Waals surface area (Å²) in [5.74, 6) is -1.51. The summed E-state index contributed by atoms with van der Waals surface area (Å²) in [6, 6.07) is 17.9. The first kappa shape index (κ1) is 23.2. The number of fused-ring (bicyclic) bond motifs is 1. The molecule has 7 nitrogen and oxygen atoms in total. The van der Waals surface area contributed by atoms with Crippen molar-refractivity contribution in [3.8, 4) is 6.07 Å². The van der Waals surface area contributed by atoms with Crippen molar-refractivity contribution in [1.29, 1.82) is 5.26 Å². The maximum Gasteiger partial charge on any atom is 0.340 e. The molecular formula is C26H23N3O4S. The average molecular weight is 474 g/mol. The molecule has 1 aliphatic carbocycles. The van der Waals surface area contributed by atoms with Crippen molar-refractivity contribution >= 4 is 39.8 Å². The molecule has 0 saturated heterocycles. The topological polar surface area (TPSA) is 108 Å². The van der Waals surface area contributed by atoms with Gasteiger partial charge in [0.15, 0.2) is 6.61 Å². The quantitative estimate of drug-likeness (QED) is 0.492. The van der Waals surface area contributed by atoms with Crippen LogP contribution in [0, 0.1) is 11.3 Å². The van der Waals surface area contributed by atoms with E-state index in [-0.39, 0.29) is 17.9 Å². The third-order valence-corrected chi connectivity index (χ3v) is 6.71. The smallest absolute Gasteiger partial charge is 0.340 e. The van der Waals surface area contributed by atoms with Crippen LogP contribution in [0.25, 0.3) is 0 Å². The van der Waals surface area contributed by atoms with Gasteiger partial charge >= 0.3 is 5.97 Å². The van der Waals surface area contributed by atoms with Crippen LogP contribution in [-0.2, 0) is 33.6 Å². The lowest BCUT2D eigenvalue weighted by atomic mass is 9.96. The molecule has 0 bridgehead atoms. The van der Waals surface area contributed by atoms with Crippen molar-refractivity contribution in [1.82, 2.24) is 0 Å². The minimum atomic E-state index is -0.725. The summed E-state index contributed by atoms with van der Waals surface area (Å²) in [6.45, 7) is -0.501. The standard InChI is InChI=1S/C26H23N3O4S/c27-15-20-18-10-5-7-13-22(18)34-25(20)29-24(31)16-33-26(32)19-11-4-6-12-21(19)28-23(30)14-17-8-2-1-3-9-17/h1-4,6,8-9,11-12H,5,7,10,13-14,16H2,(H,28,30)(H,29,31). The van der Waals surface area contributed by atoms with Crippen molar-refractivity contribution in [2.75, 3.05) is 17.2 Å². The van der Waals surface area contributed by atoms with Crippen LogP contribution in [-0.4, -0.2) is 24.4 Å². The Hall–Kier alpha value is -3.96. The largest absolute Gasteiger partial charge is 0.452 e. The lowest BCUT2D eigenvalue weighted by molar-refractivity contribution is -0.119. The van der Waals surface area contributed by atoms with Gasteiger partial charge in [-0.3, -0.25) is 9.59 Å². The molecule has 0 unspecified atom stereocenters. The first-order chi connectivity index (χ1) is 16.5. The Labute approximate surface area is 201 Å². The van der Waals surface area contributed by atoms with E-state index >= 15 is 0 Å². The van der Waals surface area contributed by atoms with Gasteiger partial charge in [-0.1, -0.05) is 42.5 Å². The predicted molar refractivity (Wildman–Crippen MR) is 130 cm³/mol. The molecule has 2 amide bonds. The van der Waals surface area contributed by atoms with Gasteiger partial charge in [-0.05, 0) is 48.9 Å². The van der Waals surface area contributed by atoms with Crippen molar-refractivity contribution in [3.05, 3.63) is 81.7 Å². The maximum absolute atomic E-state index is 12.6. The Morgan fingerprint density at radius 1 is 0.941 bits per heavy atom. The summed E-state index contributed by atoms with van der Waals surface area (Å²) in [5.41, 5.74) is 2.84. The lowest BCUT2D eigenvalue weighted by Crippen LogP contribution is -2.22. The molecule has 3 aromatic rings. The van der Waals surface area contributed by atoms with E-state index in [1.807, 2.05) is 30.3 Å². The highest BCUT2D eigenvalue weighted by atomic mass is 32.1. The number of hydrogen-bond acceptors (Lipinski definition) is 6. The molecule has 1 aromatic heterocycles. The molecule has 0 atom stereocenters. The summed E-state index contributed by atoms with van der Waals surface area (Å²) in [6.07, 6.45) is 4.02. The third kappa shape index (κ3) is 5.50. The van der Waals surface area contributed by atoms with Gasteiger partial charge in [0.1, 0.15) is 11.1 Å². The number of ether oxygens (including phenoxy) is 1. The highest BCUT2D eigenvalue weighted by Crippen LogP contribution is 2.37. The van der Waals surface area contributed by atoms with Crippen LogP contribution in [0.5, 0.6) is 0 Å². The normalized spacial score (nSPS) is 12.2. The first-order valence-electron chi connectivity index (χ1n) is 11.0. The van der Waals surface area contributed by atoms with Crippen LogP contribution in [0.2, 0.25) is 0 Å². The molecule has 34 heavy (non-hydrogen) atoms. The molecule has 2 aromatic carbocycles. The van der Waals surface area contributed by atoms with Crippen molar-refractivity contribution < 1.29 is 19.1 Å². The molecule has 0 spiro atoms. The Morgan fingerprint density at radius 3 is 2.47 bits per heavy atom. The van der Waals surface area contributed by atoms with E-state index < -0.39 is 18.5 Å². The molecule has 2 N–H and O–H groups in total. The molecule has 0 aliphatic heterocycles. The van der Waals surface area contributed by atoms with Crippen LogP contribution in [0.3, 0.4) is 0 Å². The summed E-state index contributed by atoms with van der Waals surface area (Å²) in [7, 11) is 0. The fourth-order valence-corrected chi connectivity index (χ4v) is 5.15. The number of aryl methyl sites for hydroxylation is 1. The number of esters is 1. The zero-order valence-corrected chi connectivity index (χ0v) is 19.2. The highest BCUT2D eigenvalue weighted by Gasteiger charge is 2.22. The number of anilines is 2. The zero-order valence-electron chi connectivity index (χ0n) is 18.4. The minimum Gasteiger partial charge on any atom is -0.452 e. The number of para-hydroxylation sites is 1. The Balaban J connectivity index is 1.36. The summed E-state index contributed by atoms with van der Waals surface area (Å²) in [5, 5.41) is 15.5. The molecule has 172 valence electrons. The van der Waals surface area contributed by atoms with Crippen LogP contribution < -0.4 is 10.6 Å². The van der Waals surface area contributed by atoms with Crippen molar-refractivity contribution in [2.24, 2.45) is 0 Å². The van der Waals surface area contributed by atoms with E-state index in [9.17, 15) is 19.6 Å². The number of benzene rings is 2. The molecule has 0 saturated carbocycles. The first-order valence-corrected chi connectivity index (χ1v) is 11.8. The predicted octanol–water partition coefficient (Wildman–Crippen LogP) is 4.48. The van der Waals surface area contributed by atoms with Gasteiger partial charge in [0.05, 0.1) is 23.2 Å². The second kappa shape index (κ2) is 10.8. The van der Waals surface area contributed by atoms with E-state index in [0.29, 0.717) is 16.3 Å². The van der Waals surface area contributed by atoms with E-state index in [2.05, 4.69) is 16.7 Å². The van der Waals surface area contributed by atoms with Crippen LogP contribution in [0.1, 0.15) is 44.8 Å². The van der Waals surface area contributed by atoms with Crippen LogP contribution >= 0.6 is 11.3 Å². The third-order valence-electron chi connectivity index (χ3n) is 5.50. The fourth-order valence-electron chi connectivity index (χ4n) is 3.89. The van der Waals surface area contributed by atoms with Gasteiger partial charge in [0, 0.05) is 4.88 Å². The second-order valence-corrected chi connectivity index (χ2v) is 9.01. The number of nitrogens with one attached hydrogen (secondary N) is 2. The molecular weight excluding hydrogens is 450 g/mol. The van der Waals surface area contributed by atoms with Gasteiger partial charge in [-0.15, -0.1) is 11.3 Å². The summed E-state index contributed by atoms with van der Waals surface area (Å²) >= 11 is 1.41. The van der Waals surface area contributed by atoms with E-state index in [4.69, 9.17) is 4.74 Å². The number of hydrogen-bond donors (Lipinski definition) is 2. The zero-order chi connectivity index (χ0) is 23.9. The fraction of sp³-hybridized carbons (Fsp3) is 0.231. The minimum absolute atomic E-state index is 0.154. The number of thiophene rings is 1. The van der Waals surface area contributed by atoms with Gasteiger partial charge < -0.3 is 15.4 Å². The van der Waals surface area contributed by atoms with Gasteiger partial charge in [0.25, 0.3) is 5.91 Å². The lowest BCUT2D eigenvalue weighted by Gasteiger charge is -2.11. The number of nitriles is 1. The molecule has 1 aliphatic rings. The SMILES string of the molecule is N#Cc1c(NC(=O)COC(=O)c2ccccc2NC(=O)Cc2ccccc2)sc2c1CCCC2. The molecule has 0 fully saturated rings.